The molecule has 27 heavy (non-hydrogen) atoms. The highest BCUT2D eigenvalue weighted by atomic mass is 35.5. The van der Waals surface area contributed by atoms with E-state index in [0.29, 0.717) is 5.82 Å². The van der Waals surface area contributed by atoms with Gasteiger partial charge in [-0.2, -0.15) is 15.0 Å². The fourth-order valence-corrected chi connectivity index (χ4v) is 4.85. The van der Waals surface area contributed by atoms with E-state index in [1.54, 1.807) is 11.3 Å². The quantitative estimate of drug-likeness (QED) is 0.320. The summed E-state index contributed by atoms with van der Waals surface area (Å²) in [6.45, 7) is 0. The summed E-state index contributed by atoms with van der Waals surface area (Å²) < 4.78 is 2.32. The molecular formula is C21H11Cl2N3S. The van der Waals surface area contributed by atoms with Crippen molar-refractivity contribution in [3.05, 3.63) is 77.3 Å². The van der Waals surface area contributed by atoms with E-state index in [1.807, 2.05) is 18.2 Å². The lowest BCUT2D eigenvalue weighted by atomic mass is 10.0. The number of thiophene rings is 1. The van der Waals surface area contributed by atoms with Crippen LogP contribution < -0.4 is 0 Å². The number of hydrogen-bond acceptors (Lipinski definition) is 4. The van der Waals surface area contributed by atoms with Crippen LogP contribution in [0.25, 0.3) is 42.7 Å². The lowest BCUT2D eigenvalue weighted by Gasteiger charge is -2.02. The van der Waals surface area contributed by atoms with Crippen LogP contribution in [0.15, 0.2) is 66.7 Å². The van der Waals surface area contributed by atoms with E-state index in [1.165, 1.54) is 26.6 Å². The van der Waals surface area contributed by atoms with Crippen LogP contribution in [0, 0.1) is 0 Å². The first-order valence-corrected chi connectivity index (χ1v) is 9.84. The smallest absolute Gasteiger partial charge is 0.198 e. The lowest BCUT2D eigenvalue weighted by molar-refractivity contribution is 1.06. The fraction of sp³-hybridized carbons (Fsp3) is 0. The summed E-state index contributed by atoms with van der Waals surface area (Å²) in [4.78, 5) is 12.4. The van der Waals surface area contributed by atoms with Gasteiger partial charge in [-0.1, -0.05) is 54.6 Å². The predicted molar refractivity (Wildman–Crippen MR) is 114 cm³/mol. The van der Waals surface area contributed by atoms with Crippen molar-refractivity contribution in [1.29, 1.82) is 0 Å². The summed E-state index contributed by atoms with van der Waals surface area (Å²) in [6, 6.07) is 23.0. The van der Waals surface area contributed by atoms with E-state index in [-0.39, 0.29) is 10.6 Å². The van der Waals surface area contributed by atoms with Crippen molar-refractivity contribution in [3.8, 4) is 22.5 Å². The summed E-state index contributed by atoms with van der Waals surface area (Å²) in [7, 11) is 0. The van der Waals surface area contributed by atoms with Gasteiger partial charge in [0.15, 0.2) is 5.82 Å². The Labute approximate surface area is 169 Å². The third kappa shape index (κ3) is 2.96. The molecule has 0 aliphatic carbocycles. The highest BCUT2D eigenvalue weighted by Crippen LogP contribution is 2.40. The summed E-state index contributed by atoms with van der Waals surface area (Å²) in [6.07, 6.45) is 0. The molecule has 0 aliphatic heterocycles. The molecule has 3 nitrogen and oxygen atoms in total. The number of nitrogens with zero attached hydrogens (tertiary/aromatic N) is 3. The molecule has 0 amide bonds. The molecule has 0 saturated carbocycles. The Kier molecular flexibility index (Phi) is 4.05. The van der Waals surface area contributed by atoms with Gasteiger partial charge in [-0.3, -0.25) is 0 Å². The standard InChI is InChI=1S/C21H11Cl2N3S/c22-20-24-19(25-21(23)26-20)16-8-4-7-15-14-10-9-13(11-17(14)27-18(15)16)12-5-2-1-3-6-12/h1-11H. The molecule has 0 fully saturated rings. The van der Waals surface area contributed by atoms with Crippen molar-refractivity contribution in [2.75, 3.05) is 0 Å². The van der Waals surface area contributed by atoms with Gasteiger partial charge in [0.25, 0.3) is 0 Å². The van der Waals surface area contributed by atoms with Gasteiger partial charge < -0.3 is 0 Å². The molecule has 0 saturated heterocycles. The molecule has 2 aromatic heterocycles. The summed E-state index contributed by atoms with van der Waals surface area (Å²) in [5, 5.41) is 2.56. The van der Waals surface area contributed by atoms with Crippen LogP contribution in [-0.4, -0.2) is 15.0 Å². The second-order valence-electron chi connectivity index (χ2n) is 6.06. The molecule has 130 valence electrons. The van der Waals surface area contributed by atoms with Crippen molar-refractivity contribution >= 4 is 54.7 Å². The zero-order valence-corrected chi connectivity index (χ0v) is 16.2. The number of hydrogen-bond donors (Lipinski definition) is 0. The van der Waals surface area contributed by atoms with Gasteiger partial charge in [0.05, 0.1) is 0 Å². The van der Waals surface area contributed by atoms with Gasteiger partial charge in [0, 0.05) is 25.7 Å². The van der Waals surface area contributed by atoms with Gasteiger partial charge >= 0.3 is 0 Å². The molecular weight excluding hydrogens is 397 g/mol. The van der Waals surface area contributed by atoms with Crippen molar-refractivity contribution in [2.45, 2.75) is 0 Å². The summed E-state index contributed by atoms with van der Waals surface area (Å²) in [5.41, 5.74) is 3.30. The Morgan fingerprint density at radius 1 is 0.667 bits per heavy atom. The van der Waals surface area contributed by atoms with Gasteiger partial charge in [-0.25, -0.2) is 0 Å². The molecule has 0 bridgehead atoms. The van der Waals surface area contributed by atoms with Crippen LogP contribution in [0.2, 0.25) is 10.6 Å². The van der Waals surface area contributed by atoms with Crippen LogP contribution in [0.5, 0.6) is 0 Å². The van der Waals surface area contributed by atoms with Crippen LogP contribution in [0.4, 0.5) is 0 Å². The Bertz CT molecular complexity index is 1280. The van der Waals surface area contributed by atoms with Gasteiger partial charge in [-0.15, -0.1) is 11.3 Å². The van der Waals surface area contributed by atoms with Crippen LogP contribution in [-0.2, 0) is 0 Å². The molecule has 5 rings (SSSR count). The van der Waals surface area contributed by atoms with Gasteiger partial charge in [0.2, 0.25) is 10.6 Å². The molecule has 0 N–H and O–H groups in total. The molecule has 0 spiro atoms. The minimum atomic E-state index is 0.0921. The largest absolute Gasteiger partial charge is 0.227 e. The van der Waals surface area contributed by atoms with Crippen LogP contribution >= 0.6 is 34.5 Å². The molecule has 0 unspecified atom stereocenters. The van der Waals surface area contributed by atoms with Crippen molar-refractivity contribution < 1.29 is 0 Å². The van der Waals surface area contributed by atoms with Gasteiger partial charge in [-0.05, 0) is 46.5 Å². The number of rotatable bonds is 2. The number of aromatic nitrogens is 3. The molecule has 5 aromatic rings. The Hall–Kier alpha value is -2.53. The normalized spacial score (nSPS) is 11.3. The lowest BCUT2D eigenvalue weighted by Crippen LogP contribution is -1.93. The monoisotopic (exact) mass is 407 g/mol. The van der Waals surface area contributed by atoms with Crippen molar-refractivity contribution in [3.63, 3.8) is 0 Å². The number of halogens is 2. The highest BCUT2D eigenvalue weighted by Gasteiger charge is 2.14. The molecule has 3 aromatic carbocycles. The third-order valence-corrected chi connectivity index (χ3v) is 5.97. The third-order valence-electron chi connectivity index (χ3n) is 4.43. The first kappa shape index (κ1) is 16.6. The predicted octanol–water partition coefficient (Wildman–Crippen LogP) is 6.88. The number of fused-ring (bicyclic) bond motifs is 3. The maximum absolute atomic E-state index is 5.98. The minimum Gasteiger partial charge on any atom is -0.198 e. The maximum atomic E-state index is 5.98. The Morgan fingerprint density at radius 2 is 1.44 bits per heavy atom. The van der Waals surface area contributed by atoms with E-state index in [0.717, 1.165) is 10.3 Å². The first-order valence-electron chi connectivity index (χ1n) is 8.27. The number of benzene rings is 3. The molecule has 0 aliphatic rings. The zero-order valence-electron chi connectivity index (χ0n) is 13.9. The fourth-order valence-electron chi connectivity index (χ4n) is 3.23. The van der Waals surface area contributed by atoms with Crippen molar-refractivity contribution in [2.24, 2.45) is 0 Å². The average Bonchev–Trinajstić information content (AvgIpc) is 3.05. The Morgan fingerprint density at radius 3 is 2.22 bits per heavy atom. The summed E-state index contributed by atoms with van der Waals surface area (Å²) >= 11 is 13.7. The average molecular weight is 408 g/mol. The molecule has 0 atom stereocenters. The first-order chi connectivity index (χ1) is 13.2. The second kappa shape index (κ2) is 6.57. The molecule has 6 heteroatoms. The molecule has 0 radical (unpaired) electrons. The minimum absolute atomic E-state index is 0.0921. The van der Waals surface area contributed by atoms with E-state index < -0.39 is 0 Å². The summed E-state index contributed by atoms with van der Waals surface area (Å²) in [5.74, 6) is 0.487. The van der Waals surface area contributed by atoms with Crippen molar-refractivity contribution in [1.82, 2.24) is 15.0 Å². The topological polar surface area (TPSA) is 38.7 Å². The van der Waals surface area contributed by atoms with Crippen LogP contribution in [0.3, 0.4) is 0 Å². The van der Waals surface area contributed by atoms with E-state index in [2.05, 4.69) is 63.5 Å². The maximum Gasteiger partial charge on any atom is 0.227 e. The van der Waals surface area contributed by atoms with Gasteiger partial charge in [0.1, 0.15) is 0 Å². The highest BCUT2D eigenvalue weighted by molar-refractivity contribution is 7.26. The SMILES string of the molecule is Clc1nc(Cl)nc(-c2cccc3c2sc2cc(-c4ccccc4)ccc23)n1. The van der Waals surface area contributed by atoms with E-state index in [9.17, 15) is 0 Å². The molecule has 2 heterocycles. The second-order valence-corrected chi connectivity index (χ2v) is 7.79. The van der Waals surface area contributed by atoms with E-state index in [4.69, 9.17) is 23.2 Å². The zero-order chi connectivity index (χ0) is 18.4. The van der Waals surface area contributed by atoms with E-state index >= 15 is 0 Å². The Balaban J connectivity index is 1.75. The van der Waals surface area contributed by atoms with Crippen LogP contribution in [0.1, 0.15) is 0 Å².